The molecule has 1 N–H and O–H groups in total. The van der Waals surface area contributed by atoms with Gasteiger partial charge in [-0.25, -0.2) is 12.7 Å². The van der Waals surface area contributed by atoms with Crippen LogP contribution in [0.1, 0.15) is 12.8 Å². The van der Waals surface area contributed by atoms with Crippen molar-refractivity contribution in [3.05, 3.63) is 0 Å². The molecule has 0 aromatic carbocycles. The molecular formula is C7H15NO5S2. The first-order valence-electron chi connectivity index (χ1n) is 4.59. The predicted octanol–water partition coefficient (Wildman–Crippen LogP) is -0.454. The largest absolute Gasteiger partial charge is 0.286 e. The highest BCUT2D eigenvalue weighted by Crippen LogP contribution is 2.20. The highest BCUT2D eigenvalue weighted by atomic mass is 32.2. The van der Waals surface area contributed by atoms with Crippen LogP contribution < -0.4 is 0 Å². The molecule has 90 valence electrons. The lowest BCUT2D eigenvalue weighted by Crippen LogP contribution is -2.39. The molecule has 0 spiro atoms. The molecule has 6 nitrogen and oxygen atoms in total. The molecule has 1 fully saturated rings. The maximum atomic E-state index is 11.1. The van der Waals surface area contributed by atoms with Crippen LogP contribution in [0.2, 0.25) is 0 Å². The zero-order valence-corrected chi connectivity index (χ0v) is 10.1. The molecule has 0 aromatic heterocycles. The van der Waals surface area contributed by atoms with E-state index >= 15 is 0 Å². The summed E-state index contributed by atoms with van der Waals surface area (Å²) in [5, 5.41) is 0. The minimum atomic E-state index is -3.94. The number of hydrogen-bond donors (Lipinski definition) is 1. The van der Waals surface area contributed by atoms with E-state index in [4.69, 9.17) is 4.55 Å². The standard InChI is InChI=1S/C7H15NO5S2/c1-14(9,10)8-4-2-7(3-5-8)6-15(11,12)13/h7H,2-6H2,1H3,(H,11,12,13). The van der Waals surface area contributed by atoms with Crippen molar-refractivity contribution in [2.75, 3.05) is 25.1 Å². The molecule has 15 heavy (non-hydrogen) atoms. The summed E-state index contributed by atoms with van der Waals surface area (Å²) in [6, 6.07) is 0. The Hall–Kier alpha value is -0.180. The Morgan fingerprint density at radius 2 is 1.67 bits per heavy atom. The van der Waals surface area contributed by atoms with Gasteiger partial charge in [-0.2, -0.15) is 8.42 Å². The van der Waals surface area contributed by atoms with Crippen molar-refractivity contribution < 1.29 is 21.4 Å². The molecule has 0 amide bonds. The minimum Gasteiger partial charge on any atom is -0.286 e. The molecule has 1 saturated heterocycles. The Balaban J connectivity index is 2.50. The molecule has 0 unspecified atom stereocenters. The van der Waals surface area contributed by atoms with E-state index in [1.54, 1.807) is 0 Å². The molecule has 1 heterocycles. The summed E-state index contributed by atoms with van der Waals surface area (Å²) in [4.78, 5) is 0. The number of nitrogens with zero attached hydrogens (tertiary/aromatic N) is 1. The van der Waals surface area contributed by atoms with Gasteiger partial charge in [0.15, 0.2) is 0 Å². The number of sulfonamides is 1. The highest BCUT2D eigenvalue weighted by molar-refractivity contribution is 7.88. The second-order valence-corrected chi connectivity index (χ2v) is 7.33. The third-order valence-electron chi connectivity index (χ3n) is 2.49. The molecule has 1 aliphatic rings. The molecule has 0 atom stereocenters. The van der Waals surface area contributed by atoms with Gasteiger partial charge in [0.05, 0.1) is 12.0 Å². The zero-order valence-electron chi connectivity index (χ0n) is 8.46. The lowest BCUT2D eigenvalue weighted by Gasteiger charge is -2.29. The smallest absolute Gasteiger partial charge is 0.265 e. The van der Waals surface area contributed by atoms with Gasteiger partial charge in [0.2, 0.25) is 10.0 Å². The lowest BCUT2D eigenvalue weighted by molar-refractivity contribution is 0.287. The van der Waals surface area contributed by atoms with Crippen molar-refractivity contribution in [2.45, 2.75) is 12.8 Å². The Morgan fingerprint density at radius 3 is 2.00 bits per heavy atom. The monoisotopic (exact) mass is 257 g/mol. The van der Waals surface area contributed by atoms with E-state index < -0.39 is 20.1 Å². The van der Waals surface area contributed by atoms with Gasteiger partial charge in [-0.15, -0.1) is 0 Å². The van der Waals surface area contributed by atoms with Crippen molar-refractivity contribution in [3.8, 4) is 0 Å². The van der Waals surface area contributed by atoms with Gasteiger partial charge in [-0.3, -0.25) is 4.55 Å². The average Bonchev–Trinajstić information content (AvgIpc) is 2.00. The van der Waals surface area contributed by atoms with Crippen molar-refractivity contribution in [3.63, 3.8) is 0 Å². The van der Waals surface area contributed by atoms with Gasteiger partial charge in [-0.1, -0.05) is 0 Å². The van der Waals surface area contributed by atoms with Gasteiger partial charge in [0.25, 0.3) is 10.1 Å². The summed E-state index contributed by atoms with van der Waals surface area (Å²) in [7, 11) is -7.12. The summed E-state index contributed by atoms with van der Waals surface area (Å²) < 4.78 is 53.4. The SMILES string of the molecule is CS(=O)(=O)N1CCC(CS(=O)(=O)O)CC1. The minimum absolute atomic E-state index is 0.141. The molecule has 1 aliphatic heterocycles. The Kier molecular flexibility index (Phi) is 3.75. The van der Waals surface area contributed by atoms with Gasteiger partial charge in [-0.05, 0) is 18.8 Å². The van der Waals surface area contributed by atoms with Gasteiger partial charge < -0.3 is 0 Å². The Morgan fingerprint density at radius 1 is 1.20 bits per heavy atom. The van der Waals surface area contributed by atoms with Crippen molar-refractivity contribution >= 4 is 20.1 Å². The molecule has 0 radical (unpaired) electrons. The van der Waals surface area contributed by atoms with Crippen LogP contribution in [-0.2, 0) is 20.1 Å². The quantitative estimate of drug-likeness (QED) is 0.691. The zero-order chi connectivity index (χ0) is 11.7. The van der Waals surface area contributed by atoms with Crippen LogP contribution in [0.4, 0.5) is 0 Å². The van der Waals surface area contributed by atoms with Crippen LogP contribution in [0.5, 0.6) is 0 Å². The Labute approximate surface area is 90.1 Å². The highest BCUT2D eigenvalue weighted by Gasteiger charge is 2.27. The van der Waals surface area contributed by atoms with E-state index in [1.165, 1.54) is 4.31 Å². The number of hydrogen-bond acceptors (Lipinski definition) is 4. The third kappa shape index (κ3) is 4.45. The molecule has 8 heteroatoms. The first-order chi connectivity index (χ1) is 6.68. The van der Waals surface area contributed by atoms with Crippen molar-refractivity contribution in [1.29, 1.82) is 0 Å². The van der Waals surface area contributed by atoms with Crippen LogP contribution in [-0.4, -0.2) is 50.8 Å². The fraction of sp³-hybridized carbons (Fsp3) is 1.00. The van der Waals surface area contributed by atoms with Crippen LogP contribution in [0, 0.1) is 5.92 Å². The molecule has 0 aromatic rings. The normalized spacial score (nSPS) is 21.7. The van der Waals surface area contributed by atoms with Crippen LogP contribution in [0.15, 0.2) is 0 Å². The summed E-state index contributed by atoms with van der Waals surface area (Å²) in [5.74, 6) is -0.414. The molecule has 0 saturated carbocycles. The van der Waals surface area contributed by atoms with E-state index in [1.807, 2.05) is 0 Å². The lowest BCUT2D eigenvalue weighted by atomic mass is 10.0. The second-order valence-electron chi connectivity index (χ2n) is 3.85. The van der Waals surface area contributed by atoms with Gasteiger partial charge in [0, 0.05) is 13.1 Å². The van der Waals surface area contributed by atoms with E-state index in [0.717, 1.165) is 6.26 Å². The first kappa shape index (κ1) is 12.9. The van der Waals surface area contributed by atoms with E-state index in [-0.39, 0.29) is 11.7 Å². The van der Waals surface area contributed by atoms with Crippen molar-refractivity contribution in [2.24, 2.45) is 5.92 Å². The van der Waals surface area contributed by atoms with Crippen molar-refractivity contribution in [1.82, 2.24) is 4.31 Å². The van der Waals surface area contributed by atoms with Crippen LogP contribution >= 0.6 is 0 Å². The topological polar surface area (TPSA) is 91.8 Å². The predicted molar refractivity (Wildman–Crippen MR) is 55.6 cm³/mol. The van der Waals surface area contributed by atoms with Crippen LogP contribution in [0.25, 0.3) is 0 Å². The number of rotatable bonds is 3. The molecular weight excluding hydrogens is 242 g/mol. The van der Waals surface area contributed by atoms with E-state index in [2.05, 4.69) is 0 Å². The first-order valence-corrected chi connectivity index (χ1v) is 8.04. The van der Waals surface area contributed by atoms with Gasteiger partial charge >= 0.3 is 0 Å². The second kappa shape index (κ2) is 4.36. The summed E-state index contributed by atoms with van der Waals surface area (Å²) in [6.45, 7) is 0.665. The summed E-state index contributed by atoms with van der Waals surface area (Å²) in [6.07, 6.45) is 2.09. The van der Waals surface area contributed by atoms with E-state index in [9.17, 15) is 16.8 Å². The fourth-order valence-corrected chi connectivity index (χ4v) is 3.51. The maximum absolute atomic E-state index is 11.1. The maximum Gasteiger partial charge on any atom is 0.265 e. The average molecular weight is 257 g/mol. The third-order valence-corrected chi connectivity index (χ3v) is 4.68. The summed E-state index contributed by atoms with van der Waals surface area (Å²) >= 11 is 0. The van der Waals surface area contributed by atoms with Gasteiger partial charge in [0.1, 0.15) is 0 Å². The van der Waals surface area contributed by atoms with Crippen LogP contribution in [0.3, 0.4) is 0 Å². The molecule has 1 rings (SSSR count). The summed E-state index contributed by atoms with van der Waals surface area (Å²) in [5.41, 5.74) is 0. The Bertz CT molecular complexity index is 405. The fourth-order valence-electron chi connectivity index (χ4n) is 1.71. The van der Waals surface area contributed by atoms with E-state index in [0.29, 0.717) is 25.9 Å². The molecule has 0 aliphatic carbocycles. The molecule has 0 bridgehead atoms. The number of piperidine rings is 1.